The van der Waals surface area contributed by atoms with Crippen LogP contribution in [0, 0.1) is 0 Å². The maximum atomic E-state index is 8.94. The van der Waals surface area contributed by atoms with E-state index in [-0.39, 0.29) is 6.42 Å². The second-order valence-electron chi connectivity index (χ2n) is 2.39. The number of hydrogen-bond acceptors (Lipinski definition) is 5. The zero-order valence-electron chi connectivity index (χ0n) is 6.09. The van der Waals surface area contributed by atoms with E-state index in [0.717, 1.165) is 0 Å². The molecule has 0 bridgehead atoms. The summed E-state index contributed by atoms with van der Waals surface area (Å²) in [6, 6.07) is 0. The predicted molar refractivity (Wildman–Crippen MR) is 36.8 cm³/mol. The van der Waals surface area contributed by atoms with Gasteiger partial charge in [0.1, 0.15) is 6.10 Å². The van der Waals surface area contributed by atoms with Crippen LogP contribution in [0.3, 0.4) is 0 Å². The molecule has 0 fully saturated rings. The summed E-state index contributed by atoms with van der Waals surface area (Å²) in [5.41, 5.74) is 0. The Morgan fingerprint density at radius 1 is 0.818 bits per heavy atom. The van der Waals surface area contributed by atoms with Gasteiger partial charge in [-0.3, -0.25) is 0 Å². The Balaban J connectivity index is 3.58. The van der Waals surface area contributed by atoms with E-state index in [0.29, 0.717) is 0 Å². The van der Waals surface area contributed by atoms with E-state index in [2.05, 4.69) is 0 Å². The lowest BCUT2D eigenvalue weighted by molar-refractivity contribution is -0.0437. The molecule has 0 radical (unpaired) electrons. The summed E-state index contributed by atoms with van der Waals surface area (Å²) in [6.07, 6.45) is -3.64. The van der Waals surface area contributed by atoms with E-state index < -0.39 is 31.5 Å². The number of aliphatic hydroxyl groups is 5. The van der Waals surface area contributed by atoms with Crippen LogP contribution in [0.2, 0.25) is 0 Å². The molecule has 5 nitrogen and oxygen atoms in total. The van der Waals surface area contributed by atoms with Crippen molar-refractivity contribution in [3.05, 3.63) is 0 Å². The minimum absolute atomic E-state index is 0.141. The van der Waals surface area contributed by atoms with Crippen LogP contribution in [0.4, 0.5) is 0 Å². The molecule has 0 spiro atoms. The van der Waals surface area contributed by atoms with Gasteiger partial charge in [-0.25, -0.2) is 0 Å². The van der Waals surface area contributed by atoms with Crippen LogP contribution in [-0.2, 0) is 0 Å². The summed E-state index contributed by atoms with van der Waals surface area (Å²) in [5.74, 6) is 0. The predicted octanol–water partition coefficient (Wildman–Crippen LogP) is -2.56. The zero-order valence-corrected chi connectivity index (χ0v) is 6.09. The van der Waals surface area contributed by atoms with Crippen LogP contribution in [0.25, 0.3) is 0 Å². The molecule has 0 aromatic carbocycles. The van der Waals surface area contributed by atoms with Gasteiger partial charge in [0.15, 0.2) is 0 Å². The average Bonchev–Trinajstić information content (AvgIpc) is 2.02. The highest BCUT2D eigenvalue weighted by molar-refractivity contribution is 4.69. The van der Waals surface area contributed by atoms with Gasteiger partial charge in [0, 0.05) is 6.42 Å². The van der Waals surface area contributed by atoms with Gasteiger partial charge in [0.05, 0.1) is 25.4 Å². The standard InChI is InChI=1S/C6H14O5/c7-2-4(9)1-5(10)6(11)3-8/h4-11H,1-3H2/t4-,5-,6+/m0/s1. The SMILES string of the molecule is OC[C@@H](O)C[C@H](O)[C@H](O)CO. The number of rotatable bonds is 5. The molecule has 0 heterocycles. The van der Waals surface area contributed by atoms with Gasteiger partial charge in [-0.05, 0) is 0 Å². The molecule has 0 rings (SSSR count). The number of hydrogen-bond donors (Lipinski definition) is 5. The monoisotopic (exact) mass is 166 g/mol. The molecule has 68 valence electrons. The Morgan fingerprint density at radius 3 is 1.73 bits per heavy atom. The molecular weight excluding hydrogens is 152 g/mol. The van der Waals surface area contributed by atoms with Crippen molar-refractivity contribution in [2.45, 2.75) is 24.7 Å². The zero-order chi connectivity index (χ0) is 8.85. The van der Waals surface area contributed by atoms with Crippen LogP contribution in [-0.4, -0.2) is 57.1 Å². The van der Waals surface area contributed by atoms with Crippen LogP contribution >= 0.6 is 0 Å². The highest BCUT2D eigenvalue weighted by atomic mass is 16.4. The smallest absolute Gasteiger partial charge is 0.103 e. The van der Waals surface area contributed by atoms with E-state index in [1.54, 1.807) is 0 Å². The summed E-state index contributed by atoms with van der Waals surface area (Å²) in [5, 5.41) is 43.2. The number of aliphatic hydroxyl groups excluding tert-OH is 5. The average molecular weight is 166 g/mol. The largest absolute Gasteiger partial charge is 0.394 e. The lowest BCUT2D eigenvalue weighted by Gasteiger charge is -2.17. The van der Waals surface area contributed by atoms with E-state index in [1.165, 1.54) is 0 Å². The van der Waals surface area contributed by atoms with Crippen LogP contribution < -0.4 is 0 Å². The molecule has 0 saturated heterocycles. The molecule has 0 unspecified atom stereocenters. The highest BCUT2D eigenvalue weighted by Gasteiger charge is 2.18. The second-order valence-corrected chi connectivity index (χ2v) is 2.39. The van der Waals surface area contributed by atoms with Crippen molar-refractivity contribution in [1.29, 1.82) is 0 Å². The molecule has 5 heteroatoms. The quantitative estimate of drug-likeness (QED) is 0.309. The van der Waals surface area contributed by atoms with Crippen molar-refractivity contribution in [1.82, 2.24) is 0 Å². The topological polar surface area (TPSA) is 101 Å². The fourth-order valence-corrected chi connectivity index (χ4v) is 0.632. The fourth-order valence-electron chi connectivity index (χ4n) is 0.632. The normalized spacial score (nSPS) is 19.4. The van der Waals surface area contributed by atoms with Gasteiger partial charge in [-0.1, -0.05) is 0 Å². The Labute approximate surface area is 64.5 Å². The van der Waals surface area contributed by atoms with Crippen molar-refractivity contribution in [3.63, 3.8) is 0 Å². The Kier molecular flexibility index (Phi) is 5.35. The molecule has 0 amide bonds. The molecule has 11 heavy (non-hydrogen) atoms. The molecule has 0 aliphatic rings. The third-order valence-electron chi connectivity index (χ3n) is 1.36. The Bertz CT molecular complexity index is 97.0. The minimum Gasteiger partial charge on any atom is -0.394 e. The van der Waals surface area contributed by atoms with E-state index in [4.69, 9.17) is 25.5 Å². The van der Waals surface area contributed by atoms with Gasteiger partial charge in [0.25, 0.3) is 0 Å². The summed E-state index contributed by atoms with van der Waals surface area (Å²) >= 11 is 0. The fraction of sp³-hybridized carbons (Fsp3) is 1.00. The maximum absolute atomic E-state index is 8.94. The molecule has 0 aliphatic carbocycles. The molecule has 0 saturated carbocycles. The van der Waals surface area contributed by atoms with E-state index in [9.17, 15) is 0 Å². The van der Waals surface area contributed by atoms with Crippen LogP contribution in [0.5, 0.6) is 0 Å². The van der Waals surface area contributed by atoms with Gasteiger partial charge in [0.2, 0.25) is 0 Å². The third-order valence-corrected chi connectivity index (χ3v) is 1.36. The van der Waals surface area contributed by atoms with Crippen molar-refractivity contribution in [2.75, 3.05) is 13.2 Å². The molecular formula is C6H14O5. The van der Waals surface area contributed by atoms with E-state index >= 15 is 0 Å². The lowest BCUT2D eigenvalue weighted by Crippen LogP contribution is -2.33. The molecule has 3 atom stereocenters. The van der Waals surface area contributed by atoms with Crippen molar-refractivity contribution in [3.8, 4) is 0 Å². The van der Waals surface area contributed by atoms with Crippen molar-refractivity contribution in [2.24, 2.45) is 0 Å². The third kappa shape index (κ3) is 4.28. The van der Waals surface area contributed by atoms with Gasteiger partial charge < -0.3 is 25.5 Å². The molecule has 0 aromatic rings. The maximum Gasteiger partial charge on any atom is 0.103 e. The first-order valence-electron chi connectivity index (χ1n) is 3.37. The summed E-state index contributed by atoms with van der Waals surface area (Å²) in [7, 11) is 0. The van der Waals surface area contributed by atoms with Gasteiger partial charge in [-0.2, -0.15) is 0 Å². The second kappa shape index (κ2) is 5.45. The van der Waals surface area contributed by atoms with E-state index in [1.807, 2.05) is 0 Å². The van der Waals surface area contributed by atoms with Gasteiger partial charge in [-0.15, -0.1) is 0 Å². The summed E-state index contributed by atoms with van der Waals surface area (Å²) in [6.45, 7) is -1.02. The molecule has 0 aliphatic heterocycles. The summed E-state index contributed by atoms with van der Waals surface area (Å²) in [4.78, 5) is 0. The minimum atomic E-state index is -1.25. The van der Waals surface area contributed by atoms with Crippen molar-refractivity contribution < 1.29 is 25.5 Å². The lowest BCUT2D eigenvalue weighted by atomic mass is 10.1. The highest BCUT2D eigenvalue weighted by Crippen LogP contribution is 2.02. The first-order chi connectivity index (χ1) is 5.11. The molecule has 5 N–H and O–H groups in total. The first kappa shape index (κ1) is 10.8. The van der Waals surface area contributed by atoms with Crippen LogP contribution in [0.1, 0.15) is 6.42 Å². The Morgan fingerprint density at radius 2 is 1.36 bits per heavy atom. The van der Waals surface area contributed by atoms with Crippen LogP contribution in [0.15, 0.2) is 0 Å². The van der Waals surface area contributed by atoms with Gasteiger partial charge >= 0.3 is 0 Å². The Hall–Kier alpha value is -0.200. The molecule has 0 aromatic heterocycles. The first-order valence-corrected chi connectivity index (χ1v) is 3.37. The van der Waals surface area contributed by atoms with Crippen molar-refractivity contribution >= 4 is 0 Å². The summed E-state index contributed by atoms with van der Waals surface area (Å²) < 4.78 is 0.